The minimum absolute atomic E-state index is 0.119. The number of nitrogens with one attached hydrogen (secondary N) is 1. The second-order valence-electron chi connectivity index (χ2n) is 2.29. The Balaban J connectivity index is 2.59. The normalized spacial score (nSPS) is 9.21. The average Bonchev–Trinajstić information content (AvgIpc) is 2.66. The summed E-state index contributed by atoms with van der Waals surface area (Å²) in [4.78, 5) is 13.5. The van der Waals surface area contributed by atoms with E-state index in [1.165, 1.54) is 10.9 Å². The zero-order valence-corrected chi connectivity index (χ0v) is 7.16. The Morgan fingerprint density at radius 3 is 3.29 bits per heavy atom. The molecule has 0 spiro atoms. The third-order valence-corrected chi connectivity index (χ3v) is 1.39. The standard InChI is InChI=1S/C5H8N8O/c6-9-5(14)4-3-13(12-10-4)2-1-8-11-7/h3H,1-2,6H2,(H,9,14). The SMILES string of the molecule is [N-]=[N+]=NCCn1cc(C(=O)NN)nn1. The van der Waals surface area contributed by atoms with Gasteiger partial charge in [0.2, 0.25) is 0 Å². The van der Waals surface area contributed by atoms with Gasteiger partial charge >= 0.3 is 0 Å². The summed E-state index contributed by atoms with van der Waals surface area (Å²) in [5.41, 5.74) is 10.1. The molecule has 0 aromatic carbocycles. The lowest BCUT2D eigenvalue weighted by Crippen LogP contribution is -2.30. The van der Waals surface area contributed by atoms with E-state index in [0.717, 1.165) is 0 Å². The van der Waals surface area contributed by atoms with Crippen molar-refractivity contribution in [2.24, 2.45) is 11.0 Å². The van der Waals surface area contributed by atoms with Crippen molar-refractivity contribution in [3.05, 3.63) is 22.3 Å². The fraction of sp³-hybridized carbons (Fsp3) is 0.400. The zero-order valence-electron chi connectivity index (χ0n) is 7.16. The first-order valence-corrected chi connectivity index (χ1v) is 3.70. The molecule has 9 nitrogen and oxygen atoms in total. The number of amides is 1. The molecular formula is C5H8N8O. The van der Waals surface area contributed by atoms with Crippen molar-refractivity contribution in [3.8, 4) is 0 Å². The van der Waals surface area contributed by atoms with Crippen LogP contribution in [0.15, 0.2) is 11.3 Å². The van der Waals surface area contributed by atoms with Gasteiger partial charge in [-0.3, -0.25) is 14.9 Å². The minimum atomic E-state index is -0.514. The lowest BCUT2D eigenvalue weighted by atomic mass is 10.4. The first-order chi connectivity index (χ1) is 6.77. The van der Waals surface area contributed by atoms with Crippen molar-refractivity contribution < 1.29 is 4.79 Å². The average molecular weight is 196 g/mol. The number of aromatic nitrogens is 3. The van der Waals surface area contributed by atoms with Gasteiger partial charge in [-0.25, -0.2) is 5.84 Å². The fourth-order valence-electron chi connectivity index (χ4n) is 0.778. The summed E-state index contributed by atoms with van der Waals surface area (Å²) in [6, 6.07) is 0. The van der Waals surface area contributed by atoms with Gasteiger partial charge in [-0.2, -0.15) is 0 Å². The Hall–Kier alpha value is -2.12. The number of nitrogen functional groups attached to an aromatic ring is 1. The van der Waals surface area contributed by atoms with Gasteiger partial charge in [0.05, 0.1) is 6.20 Å². The van der Waals surface area contributed by atoms with E-state index in [2.05, 4.69) is 20.3 Å². The summed E-state index contributed by atoms with van der Waals surface area (Å²) >= 11 is 0. The van der Waals surface area contributed by atoms with Crippen LogP contribution in [-0.2, 0) is 6.54 Å². The third kappa shape index (κ3) is 2.44. The molecule has 1 rings (SSSR count). The van der Waals surface area contributed by atoms with Gasteiger partial charge < -0.3 is 0 Å². The highest BCUT2D eigenvalue weighted by Gasteiger charge is 2.07. The first kappa shape index (κ1) is 9.96. The van der Waals surface area contributed by atoms with Crippen LogP contribution in [0.5, 0.6) is 0 Å². The van der Waals surface area contributed by atoms with Crippen LogP contribution < -0.4 is 11.3 Å². The van der Waals surface area contributed by atoms with E-state index in [0.29, 0.717) is 6.54 Å². The second-order valence-corrected chi connectivity index (χ2v) is 2.29. The number of hydrogen-bond donors (Lipinski definition) is 2. The molecule has 0 atom stereocenters. The monoisotopic (exact) mass is 196 g/mol. The van der Waals surface area contributed by atoms with E-state index in [1.807, 2.05) is 5.43 Å². The number of nitrogens with two attached hydrogens (primary N) is 1. The van der Waals surface area contributed by atoms with Crippen LogP contribution in [0.1, 0.15) is 10.5 Å². The smallest absolute Gasteiger partial charge is 0.287 e. The molecule has 0 aliphatic rings. The van der Waals surface area contributed by atoms with Gasteiger partial charge in [0, 0.05) is 18.0 Å². The largest absolute Gasteiger partial charge is 0.289 e. The molecule has 0 bridgehead atoms. The molecule has 14 heavy (non-hydrogen) atoms. The highest BCUT2D eigenvalue weighted by molar-refractivity contribution is 5.91. The highest BCUT2D eigenvalue weighted by atomic mass is 16.2. The number of carbonyl (C=O) groups excluding carboxylic acids is 1. The van der Waals surface area contributed by atoms with Gasteiger partial charge in [-0.05, 0) is 5.53 Å². The second kappa shape index (κ2) is 4.80. The Bertz CT molecular complexity index is 364. The van der Waals surface area contributed by atoms with Crippen LogP contribution in [0, 0.1) is 0 Å². The van der Waals surface area contributed by atoms with Crippen molar-refractivity contribution in [2.45, 2.75) is 6.54 Å². The molecule has 0 aliphatic carbocycles. The first-order valence-electron chi connectivity index (χ1n) is 3.70. The third-order valence-electron chi connectivity index (χ3n) is 1.39. The van der Waals surface area contributed by atoms with Crippen LogP contribution in [0.4, 0.5) is 0 Å². The van der Waals surface area contributed by atoms with Crippen molar-refractivity contribution in [2.75, 3.05) is 6.54 Å². The van der Waals surface area contributed by atoms with E-state index in [9.17, 15) is 4.79 Å². The highest BCUT2D eigenvalue weighted by Crippen LogP contribution is 1.92. The maximum absolute atomic E-state index is 10.9. The lowest BCUT2D eigenvalue weighted by molar-refractivity contribution is 0.0948. The van der Waals surface area contributed by atoms with Gasteiger partial charge in [-0.15, -0.1) is 5.10 Å². The summed E-state index contributed by atoms with van der Waals surface area (Å²) in [5, 5.41) is 10.5. The van der Waals surface area contributed by atoms with Crippen LogP contribution >= 0.6 is 0 Å². The van der Waals surface area contributed by atoms with Crippen molar-refractivity contribution >= 4 is 5.91 Å². The van der Waals surface area contributed by atoms with E-state index in [-0.39, 0.29) is 12.2 Å². The maximum atomic E-state index is 10.9. The summed E-state index contributed by atoms with van der Waals surface area (Å²) in [7, 11) is 0. The lowest BCUT2D eigenvalue weighted by Gasteiger charge is -1.93. The van der Waals surface area contributed by atoms with Gasteiger partial charge in [0.15, 0.2) is 5.69 Å². The van der Waals surface area contributed by atoms with Crippen LogP contribution in [0.2, 0.25) is 0 Å². The summed E-state index contributed by atoms with van der Waals surface area (Å²) < 4.78 is 1.39. The minimum Gasteiger partial charge on any atom is -0.289 e. The van der Waals surface area contributed by atoms with Crippen molar-refractivity contribution in [1.82, 2.24) is 20.4 Å². The van der Waals surface area contributed by atoms with Crippen LogP contribution in [0.3, 0.4) is 0 Å². The van der Waals surface area contributed by atoms with Crippen molar-refractivity contribution in [1.29, 1.82) is 0 Å². The maximum Gasteiger partial charge on any atom is 0.287 e. The molecule has 0 unspecified atom stereocenters. The van der Waals surface area contributed by atoms with Crippen molar-refractivity contribution in [3.63, 3.8) is 0 Å². The summed E-state index contributed by atoms with van der Waals surface area (Å²) in [6.07, 6.45) is 1.41. The quantitative estimate of drug-likeness (QED) is 0.162. The predicted octanol–water partition coefficient (Wildman–Crippen LogP) is -0.808. The zero-order chi connectivity index (χ0) is 10.4. The number of nitrogens with zero attached hydrogens (tertiary/aromatic N) is 6. The summed E-state index contributed by atoms with van der Waals surface area (Å²) in [5.74, 6) is 4.38. The van der Waals surface area contributed by atoms with Gasteiger partial charge in [0.25, 0.3) is 5.91 Å². The molecule has 1 amide bonds. The molecule has 0 saturated heterocycles. The number of carbonyl (C=O) groups is 1. The van der Waals surface area contributed by atoms with E-state index in [4.69, 9.17) is 11.4 Å². The molecule has 0 radical (unpaired) electrons. The molecule has 0 saturated carbocycles. The van der Waals surface area contributed by atoms with Crippen LogP contribution in [-0.4, -0.2) is 27.4 Å². The predicted molar refractivity (Wildman–Crippen MR) is 45.7 cm³/mol. The number of rotatable bonds is 4. The number of azide groups is 1. The molecule has 1 heterocycles. The molecular weight excluding hydrogens is 188 g/mol. The van der Waals surface area contributed by atoms with E-state index >= 15 is 0 Å². The molecule has 9 heteroatoms. The number of hydrogen-bond acceptors (Lipinski definition) is 5. The Labute approximate surface area is 78.5 Å². The molecule has 0 aliphatic heterocycles. The van der Waals surface area contributed by atoms with Crippen LogP contribution in [0.25, 0.3) is 10.4 Å². The molecule has 1 aromatic rings. The van der Waals surface area contributed by atoms with Gasteiger partial charge in [0.1, 0.15) is 0 Å². The molecule has 74 valence electrons. The van der Waals surface area contributed by atoms with Gasteiger partial charge in [-0.1, -0.05) is 10.3 Å². The fourth-order valence-corrected chi connectivity index (χ4v) is 0.778. The Morgan fingerprint density at radius 1 is 1.86 bits per heavy atom. The van der Waals surface area contributed by atoms with E-state index < -0.39 is 5.91 Å². The Kier molecular flexibility index (Phi) is 3.41. The molecule has 0 fully saturated rings. The number of hydrazine groups is 1. The molecule has 3 N–H and O–H groups in total. The summed E-state index contributed by atoms with van der Waals surface area (Å²) in [6.45, 7) is 0.623. The Morgan fingerprint density at radius 2 is 2.64 bits per heavy atom. The topological polar surface area (TPSA) is 135 Å². The van der Waals surface area contributed by atoms with E-state index in [1.54, 1.807) is 0 Å². The molecule has 1 aromatic heterocycles.